The van der Waals surface area contributed by atoms with Crippen LogP contribution >= 0.6 is 11.6 Å². The number of nitrogens with zero attached hydrogens (tertiary/aromatic N) is 7. The summed E-state index contributed by atoms with van der Waals surface area (Å²) in [5.74, 6) is 0.131. The van der Waals surface area contributed by atoms with E-state index in [1.54, 1.807) is 18.2 Å². The van der Waals surface area contributed by atoms with Crippen LogP contribution < -0.4 is 11.3 Å². The van der Waals surface area contributed by atoms with Crippen molar-refractivity contribution in [2.45, 2.75) is 24.6 Å². The zero-order valence-electron chi connectivity index (χ0n) is 21.5. The summed E-state index contributed by atoms with van der Waals surface area (Å²) in [6.45, 7) is 0. The second-order valence-corrected chi connectivity index (χ2v) is 10.9. The van der Waals surface area contributed by atoms with Gasteiger partial charge in [-0.2, -0.15) is 17.6 Å². The molecule has 1 aliphatic heterocycles. The maximum Gasteiger partial charge on any atom is 0.436 e. The van der Waals surface area contributed by atoms with Gasteiger partial charge in [-0.05, 0) is 42.7 Å². The standard InChI is InChI=1S/C27H16ClF4N9O2/c28-11-2-4-17(40-9-19(37-39-40)27(30,31)32)15(6-11)16-8-20(42)41-22(13-7-14(13)26(41)34-16)25-35-21(23(29)36-25)10-1-3-12-18(5-10)43-38-24(12)33/h1-6,8-9,13-14,22H,7H2,(H2,33,38)(H,35,36). The monoisotopic (exact) mass is 609 g/mol. The number of rotatable bonds is 4. The predicted octanol–water partition coefficient (Wildman–Crippen LogP) is 5.12. The molecule has 3 unspecified atom stereocenters. The van der Waals surface area contributed by atoms with Gasteiger partial charge >= 0.3 is 6.18 Å². The van der Waals surface area contributed by atoms with Crippen LogP contribution in [-0.4, -0.2) is 39.7 Å². The maximum absolute atomic E-state index is 15.2. The molecule has 0 bridgehead atoms. The molecule has 0 amide bonds. The minimum atomic E-state index is -4.69. The van der Waals surface area contributed by atoms with Crippen molar-refractivity contribution in [3.05, 3.63) is 87.3 Å². The molecule has 5 heterocycles. The SMILES string of the molecule is Nc1noc2cc(-c3nc(C4C5CC5c5nc(-c6cc(Cl)ccc6-n6cc(C(F)(F)F)nn6)cc(=O)n54)[nH]c3F)ccc12. The van der Waals surface area contributed by atoms with Crippen molar-refractivity contribution in [1.29, 1.82) is 0 Å². The second kappa shape index (κ2) is 8.73. The largest absolute Gasteiger partial charge is 0.436 e. The number of nitrogens with one attached hydrogen (secondary N) is 1. The summed E-state index contributed by atoms with van der Waals surface area (Å²) in [6, 6.07) is 10.0. The Morgan fingerprint density at radius 3 is 2.74 bits per heavy atom. The van der Waals surface area contributed by atoms with Crippen LogP contribution in [0.3, 0.4) is 0 Å². The number of nitrogen functional groups attached to an aromatic ring is 1. The number of fused-ring (bicyclic) bond motifs is 4. The maximum atomic E-state index is 15.2. The third-order valence-corrected chi connectivity index (χ3v) is 8.07. The van der Waals surface area contributed by atoms with Gasteiger partial charge in [-0.1, -0.05) is 28.0 Å². The summed E-state index contributed by atoms with van der Waals surface area (Å²) < 4.78 is 62.4. The van der Waals surface area contributed by atoms with Crippen molar-refractivity contribution in [2.75, 3.05) is 5.73 Å². The van der Waals surface area contributed by atoms with Gasteiger partial charge < -0.3 is 15.2 Å². The van der Waals surface area contributed by atoms with Crippen molar-refractivity contribution in [3.63, 3.8) is 0 Å². The average Bonchev–Trinajstić information content (AvgIpc) is 3.31. The number of H-pyrrole nitrogens is 1. The van der Waals surface area contributed by atoms with Crippen LogP contribution in [0.1, 0.15) is 35.7 Å². The molecule has 4 aromatic heterocycles. The van der Waals surface area contributed by atoms with E-state index < -0.39 is 29.4 Å². The third kappa shape index (κ3) is 3.95. The van der Waals surface area contributed by atoms with Crippen LogP contribution in [0.15, 0.2) is 58.0 Å². The Hall–Kier alpha value is -5.05. The van der Waals surface area contributed by atoms with Crippen molar-refractivity contribution in [2.24, 2.45) is 5.92 Å². The summed E-state index contributed by atoms with van der Waals surface area (Å²) in [6.07, 6.45) is -3.24. The molecule has 6 aromatic rings. The van der Waals surface area contributed by atoms with Gasteiger partial charge in [0.05, 0.1) is 29.0 Å². The first kappa shape index (κ1) is 25.6. The highest BCUT2D eigenvalue weighted by atomic mass is 35.5. The lowest BCUT2D eigenvalue weighted by Crippen LogP contribution is -2.27. The molecule has 43 heavy (non-hydrogen) atoms. The van der Waals surface area contributed by atoms with Gasteiger partial charge in [0.2, 0.25) is 5.95 Å². The number of aromatic amines is 1. The molecule has 1 fully saturated rings. The van der Waals surface area contributed by atoms with Crippen LogP contribution in [0.5, 0.6) is 0 Å². The highest BCUT2D eigenvalue weighted by Crippen LogP contribution is 2.60. The Kier molecular flexibility index (Phi) is 5.21. The lowest BCUT2D eigenvalue weighted by Gasteiger charge is -2.17. The fourth-order valence-corrected chi connectivity index (χ4v) is 5.97. The van der Waals surface area contributed by atoms with E-state index in [-0.39, 0.29) is 45.6 Å². The quantitative estimate of drug-likeness (QED) is 0.262. The molecule has 0 spiro atoms. The summed E-state index contributed by atoms with van der Waals surface area (Å²) >= 11 is 6.23. The number of alkyl halides is 3. The molecule has 0 saturated heterocycles. The van der Waals surface area contributed by atoms with E-state index in [1.807, 2.05) is 0 Å². The summed E-state index contributed by atoms with van der Waals surface area (Å²) in [7, 11) is 0. The molecule has 216 valence electrons. The number of halogens is 5. The topological polar surface area (TPSA) is 146 Å². The van der Waals surface area contributed by atoms with Gasteiger partial charge in [-0.25, -0.2) is 14.6 Å². The molecule has 2 aliphatic rings. The fraction of sp³-hybridized carbons (Fsp3) is 0.185. The molecule has 1 saturated carbocycles. The summed E-state index contributed by atoms with van der Waals surface area (Å²) in [5, 5.41) is 11.4. The highest BCUT2D eigenvalue weighted by molar-refractivity contribution is 6.31. The molecule has 11 nitrogen and oxygen atoms in total. The molecular formula is C27H16ClF4N9O2. The zero-order valence-corrected chi connectivity index (χ0v) is 22.2. The number of aromatic nitrogens is 8. The molecule has 3 atom stereocenters. The normalized spacial score (nSPS) is 19.1. The van der Waals surface area contributed by atoms with Crippen molar-refractivity contribution in [3.8, 4) is 28.2 Å². The minimum absolute atomic E-state index is 0.0461. The first-order valence-electron chi connectivity index (χ1n) is 12.9. The highest BCUT2D eigenvalue weighted by Gasteiger charge is 2.55. The summed E-state index contributed by atoms with van der Waals surface area (Å²) in [4.78, 5) is 25.5. The number of anilines is 1. The minimum Gasteiger partial charge on any atom is -0.380 e. The molecule has 2 aromatic carbocycles. The van der Waals surface area contributed by atoms with E-state index in [0.29, 0.717) is 34.3 Å². The predicted molar refractivity (Wildman–Crippen MR) is 144 cm³/mol. The average molecular weight is 610 g/mol. The summed E-state index contributed by atoms with van der Waals surface area (Å²) in [5.41, 5.74) is 5.73. The van der Waals surface area contributed by atoms with Gasteiger partial charge in [0.15, 0.2) is 17.1 Å². The first-order valence-corrected chi connectivity index (χ1v) is 13.3. The van der Waals surface area contributed by atoms with E-state index in [2.05, 4.69) is 25.4 Å². The van der Waals surface area contributed by atoms with E-state index in [4.69, 9.17) is 26.8 Å². The molecular weight excluding hydrogens is 594 g/mol. The second-order valence-electron chi connectivity index (χ2n) is 10.4. The Balaban J connectivity index is 1.19. The van der Waals surface area contributed by atoms with E-state index >= 15 is 4.39 Å². The van der Waals surface area contributed by atoms with Crippen LogP contribution in [0, 0.1) is 11.9 Å². The third-order valence-electron chi connectivity index (χ3n) is 7.83. The van der Waals surface area contributed by atoms with Crippen LogP contribution in [0.2, 0.25) is 5.02 Å². The van der Waals surface area contributed by atoms with Gasteiger partial charge in [0.25, 0.3) is 5.56 Å². The van der Waals surface area contributed by atoms with Gasteiger partial charge in [0, 0.05) is 28.1 Å². The van der Waals surface area contributed by atoms with Gasteiger partial charge in [-0.3, -0.25) is 9.36 Å². The van der Waals surface area contributed by atoms with Gasteiger partial charge in [-0.15, -0.1) is 5.10 Å². The van der Waals surface area contributed by atoms with Gasteiger partial charge in [0.1, 0.15) is 17.3 Å². The number of imidazole rings is 1. The van der Waals surface area contributed by atoms with Crippen molar-refractivity contribution < 1.29 is 22.1 Å². The molecule has 3 N–H and O–H groups in total. The van der Waals surface area contributed by atoms with E-state index in [0.717, 1.165) is 10.9 Å². The van der Waals surface area contributed by atoms with Crippen molar-refractivity contribution >= 4 is 28.4 Å². The first-order chi connectivity index (χ1) is 20.6. The Bertz CT molecular complexity index is 2170. The number of nitrogens with two attached hydrogens (primary N) is 1. The zero-order chi connectivity index (χ0) is 29.8. The fourth-order valence-electron chi connectivity index (χ4n) is 5.79. The number of benzene rings is 2. The van der Waals surface area contributed by atoms with E-state index in [9.17, 15) is 18.0 Å². The van der Waals surface area contributed by atoms with Crippen molar-refractivity contribution in [1.82, 2.24) is 39.7 Å². The Morgan fingerprint density at radius 2 is 1.95 bits per heavy atom. The lowest BCUT2D eigenvalue weighted by molar-refractivity contribution is -0.141. The number of hydrogen-bond acceptors (Lipinski definition) is 8. The van der Waals surface area contributed by atoms with E-state index in [1.165, 1.54) is 28.8 Å². The molecule has 0 radical (unpaired) electrons. The lowest BCUT2D eigenvalue weighted by atomic mass is 10.1. The molecule has 8 rings (SSSR count). The smallest absolute Gasteiger partial charge is 0.380 e. The van der Waals surface area contributed by atoms with Crippen LogP contribution in [0.4, 0.5) is 23.4 Å². The number of hydrogen-bond donors (Lipinski definition) is 2. The van der Waals surface area contributed by atoms with Crippen LogP contribution in [0.25, 0.3) is 39.2 Å². The molecule has 1 aliphatic carbocycles. The van der Waals surface area contributed by atoms with Crippen LogP contribution in [-0.2, 0) is 6.18 Å². The molecule has 16 heteroatoms. The Morgan fingerprint density at radius 1 is 1.12 bits per heavy atom. The Labute approximate surface area is 241 Å².